The van der Waals surface area contributed by atoms with Gasteiger partial charge in [-0.2, -0.15) is 0 Å². The van der Waals surface area contributed by atoms with E-state index >= 15 is 0 Å². The van der Waals surface area contributed by atoms with Crippen LogP contribution in [0.5, 0.6) is 0 Å². The van der Waals surface area contributed by atoms with E-state index in [-0.39, 0.29) is 28.7 Å². The average molecular weight is 523 g/mol. The summed E-state index contributed by atoms with van der Waals surface area (Å²) >= 11 is 0. The maximum Gasteiger partial charge on any atom is 0.255 e. The number of fused-ring (bicyclic) bond motifs is 1. The molecule has 0 unspecified atom stereocenters. The summed E-state index contributed by atoms with van der Waals surface area (Å²) in [6.07, 6.45) is 1.24. The monoisotopic (exact) mass is 522 g/mol. The zero-order valence-corrected chi connectivity index (χ0v) is 22.2. The predicted octanol–water partition coefficient (Wildman–Crippen LogP) is 3.65. The van der Waals surface area contributed by atoms with Crippen LogP contribution in [0.4, 0.5) is 5.69 Å². The summed E-state index contributed by atoms with van der Waals surface area (Å²) in [5.74, 6) is -0.393. The van der Waals surface area contributed by atoms with E-state index in [0.29, 0.717) is 41.5 Å². The molecule has 196 valence electrons. The number of rotatable bonds is 7. The molecule has 3 aromatic carbocycles. The third-order valence-corrected chi connectivity index (χ3v) is 8.63. The van der Waals surface area contributed by atoms with Gasteiger partial charge in [-0.1, -0.05) is 55.8 Å². The first-order valence-corrected chi connectivity index (χ1v) is 14.1. The Hall–Kier alpha value is -3.27. The van der Waals surface area contributed by atoms with E-state index in [1.165, 1.54) is 6.07 Å². The van der Waals surface area contributed by atoms with E-state index in [1.807, 2.05) is 38.1 Å². The Morgan fingerprint density at radius 1 is 1.05 bits per heavy atom. The van der Waals surface area contributed by atoms with Gasteiger partial charge in [0.15, 0.2) is 0 Å². The topological polar surface area (TPSA) is 122 Å². The third-order valence-electron chi connectivity index (χ3n) is 7.08. The van der Waals surface area contributed by atoms with Crippen molar-refractivity contribution in [3.63, 3.8) is 0 Å². The van der Waals surface area contributed by atoms with Crippen LogP contribution in [0.3, 0.4) is 0 Å². The minimum Gasteiger partial charge on any atom is -0.341 e. The van der Waals surface area contributed by atoms with E-state index < -0.39 is 16.1 Å². The molecular formula is C28H34N4O4S. The van der Waals surface area contributed by atoms with E-state index in [0.717, 1.165) is 12.0 Å². The van der Waals surface area contributed by atoms with Crippen LogP contribution in [-0.4, -0.2) is 50.3 Å². The van der Waals surface area contributed by atoms with Crippen LogP contribution in [0, 0.1) is 12.8 Å². The molecule has 1 aliphatic heterocycles. The molecule has 0 aliphatic carbocycles. The van der Waals surface area contributed by atoms with E-state index in [9.17, 15) is 18.0 Å². The van der Waals surface area contributed by atoms with Gasteiger partial charge in [-0.15, -0.1) is 0 Å². The SMILES string of the molecule is CC[C@H]1CN(C(=O)[C@H](C)N)CC[C@@H]1NS(=O)(=O)c1ccc(NC(=O)c2ccccc2C)c2ccccc12. The minimum atomic E-state index is -3.88. The van der Waals surface area contributed by atoms with Crippen molar-refractivity contribution in [1.82, 2.24) is 9.62 Å². The number of sulfonamides is 1. The Balaban J connectivity index is 1.60. The second-order valence-corrected chi connectivity index (χ2v) is 11.4. The predicted molar refractivity (Wildman–Crippen MR) is 146 cm³/mol. The maximum absolute atomic E-state index is 13.6. The molecule has 37 heavy (non-hydrogen) atoms. The maximum atomic E-state index is 13.6. The van der Waals surface area contributed by atoms with E-state index in [4.69, 9.17) is 5.73 Å². The van der Waals surface area contributed by atoms with Crippen molar-refractivity contribution in [2.24, 2.45) is 11.7 Å². The van der Waals surface area contributed by atoms with Crippen molar-refractivity contribution in [1.29, 1.82) is 0 Å². The van der Waals surface area contributed by atoms with Crippen molar-refractivity contribution in [2.45, 2.75) is 50.6 Å². The highest BCUT2D eigenvalue weighted by Crippen LogP contribution is 2.31. The summed E-state index contributed by atoms with van der Waals surface area (Å²) in [4.78, 5) is 27.2. The number of hydrogen-bond donors (Lipinski definition) is 3. The number of hydrogen-bond acceptors (Lipinski definition) is 5. The van der Waals surface area contributed by atoms with Gasteiger partial charge < -0.3 is 16.0 Å². The number of anilines is 1. The van der Waals surface area contributed by atoms with Crippen molar-refractivity contribution in [3.8, 4) is 0 Å². The van der Waals surface area contributed by atoms with Gasteiger partial charge in [-0.25, -0.2) is 13.1 Å². The lowest BCUT2D eigenvalue weighted by atomic mass is 9.90. The Bertz CT molecular complexity index is 1420. The zero-order valence-electron chi connectivity index (χ0n) is 21.4. The number of nitrogens with one attached hydrogen (secondary N) is 2. The average Bonchev–Trinajstić information content (AvgIpc) is 2.88. The molecule has 0 aromatic heterocycles. The van der Waals surface area contributed by atoms with Gasteiger partial charge in [0.25, 0.3) is 5.91 Å². The van der Waals surface area contributed by atoms with Crippen molar-refractivity contribution >= 4 is 38.3 Å². The third kappa shape index (κ3) is 5.69. The first-order valence-electron chi connectivity index (χ1n) is 12.6. The van der Waals surface area contributed by atoms with Crippen LogP contribution in [0.2, 0.25) is 0 Å². The number of amides is 2. The number of nitrogens with two attached hydrogens (primary N) is 1. The number of likely N-dealkylation sites (tertiary alicyclic amines) is 1. The smallest absolute Gasteiger partial charge is 0.255 e. The Morgan fingerprint density at radius 3 is 2.41 bits per heavy atom. The molecule has 0 spiro atoms. The lowest BCUT2D eigenvalue weighted by molar-refractivity contribution is -0.134. The zero-order chi connectivity index (χ0) is 26.7. The molecule has 3 aromatic rings. The number of carbonyl (C=O) groups excluding carboxylic acids is 2. The van der Waals surface area contributed by atoms with Crippen LogP contribution in [0.25, 0.3) is 10.8 Å². The fraction of sp³-hybridized carbons (Fsp3) is 0.357. The fourth-order valence-electron chi connectivity index (χ4n) is 4.98. The molecule has 9 heteroatoms. The molecule has 4 N–H and O–H groups in total. The van der Waals surface area contributed by atoms with E-state index in [2.05, 4.69) is 10.0 Å². The fourth-order valence-corrected chi connectivity index (χ4v) is 6.53. The van der Waals surface area contributed by atoms with Gasteiger partial charge in [0.2, 0.25) is 15.9 Å². The second kappa shape index (κ2) is 11.0. The highest BCUT2D eigenvalue weighted by Gasteiger charge is 2.34. The van der Waals surface area contributed by atoms with Crippen LogP contribution >= 0.6 is 0 Å². The van der Waals surface area contributed by atoms with Crippen LogP contribution in [0.15, 0.2) is 65.6 Å². The summed E-state index contributed by atoms with van der Waals surface area (Å²) in [7, 11) is -3.88. The number of aryl methyl sites for hydroxylation is 1. The molecule has 1 saturated heterocycles. The standard InChI is InChI=1S/C28H34N4O4S/c1-4-20-17-32(28(34)19(3)29)16-15-24(20)31-37(35,36)26-14-13-25(22-11-7-8-12-23(22)26)30-27(33)21-10-6-5-9-18(21)2/h5-14,19-20,24,31H,4,15-17,29H2,1-3H3,(H,30,33)/t19-,20-,24-/m0/s1. The van der Waals surface area contributed by atoms with Crippen LogP contribution < -0.4 is 15.8 Å². The Kier molecular flexibility index (Phi) is 7.96. The van der Waals surface area contributed by atoms with Crippen molar-refractivity contribution < 1.29 is 18.0 Å². The summed E-state index contributed by atoms with van der Waals surface area (Å²) in [6.45, 7) is 6.45. The molecule has 8 nitrogen and oxygen atoms in total. The molecule has 4 rings (SSSR count). The number of nitrogens with zero attached hydrogens (tertiary/aromatic N) is 1. The molecule has 2 amide bonds. The Labute approximate surface area is 218 Å². The molecule has 3 atom stereocenters. The van der Waals surface area contributed by atoms with Crippen molar-refractivity contribution in [3.05, 3.63) is 71.8 Å². The lowest BCUT2D eigenvalue weighted by Gasteiger charge is -2.39. The molecule has 1 heterocycles. The molecule has 0 saturated carbocycles. The van der Waals surface area contributed by atoms with Gasteiger partial charge in [-0.05, 0) is 49.9 Å². The number of piperidine rings is 1. The number of carbonyl (C=O) groups is 2. The summed E-state index contributed by atoms with van der Waals surface area (Å²) in [6, 6.07) is 16.7. The molecule has 0 bridgehead atoms. The summed E-state index contributed by atoms with van der Waals surface area (Å²) in [5.41, 5.74) is 7.72. The minimum absolute atomic E-state index is 0.0230. The van der Waals surface area contributed by atoms with Gasteiger partial charge in [0.1, 0.15) is 0 Å². The normalized spacial score (nSPS) is 19.0. The van der Waals surface area contributed by atoms with E-state index in [1.54, 1.807) is 42.2 Å². The number of benzene rings is 3. The molecule has 0 radical (unpaired) electrons. The van der Waals surface area contributed by atoms with Crippen LogP contribution in [-0.2, 0) is 14.8 Å². The van der Waals surface area contributed by atoms with Gasteiger partial charge in [-0.3, -0.25) is 9.59 Å². The quantitative estimate of drug-likeness (QED) is 0.437. The van der Waals surface area contributed by atoms with Gasteiger partial charge in [0.05, 0.1) is 10.9 Å². The Morgan fingerprint density at radius 2 is 1.73 bits per heavy atom. The largest absolute Gasteiger partial charge is 0.341 e. The highest BCUT2D eigenvalue weighted by molar-refractivity contribution is 7.89. The highest BCUT2D eigenvalue weighted by atomic mass is 32.2. The lowest BCUT2D eigenvalue weighted by Crippen LogP contribution is -2.54. The molecule has 1 aliphatic rings. The van der Waals surface area contributed by atoms with Gasteiger partial charge in [0, 0.05) is 41.2 Å². The summed E-state index contributed by atoms with van der Waals surface area (Å²) in [5, 5.41) is 4.10. The first-order chi connectivity index (χ1) is 17.6. The molecular weight excluding hydrogens is 488 g/mol. The van der Waals surface area contributed by atoms with Gasteiger partial charge >= 0.3 is 0 Å². The van der Waals surface area contributed by atoms with Crippen molar-refractivity contribution in [2.75, 3.05) is 18.4 Å². The molecule has 1 fully saturated rings. The second-order valence-electron chi connectivity index (χ2n) is 9.68. The summed E-state index contributed by atoms with van der Waals surface area (Å²) < 4.78 is 30.1. The van der Waals surface area contributed by atoms with Crippen LogP contribution in [0.1, 0.15) is 42.6 Å². The first kappa shape index (κ1) is 26.8.